The maximum Gasteiger partial charge on any atom is 0.434 e. The second-order valence-electron chi connectivity index (χ2n) is 10.2. The second-order valence-corrected chi connectivity index (χ2v) is 10.2. The van der Waals surface area contributed by atoms with Crippen molar-refractivity contribution in [1.82, 2.24) is 29.7 Å². The summed E-state index contributed by atoms with van der Waals surface area (Å²) in [5.74, 6) is 1.42. The van der Waals surface area contributed by atoms with Crippen molar-refractivity contribution in [3.05, 3.63) is 82.2 Å². The van der Waals surface area contributed by atoms with E-state index in [4.69, 9.17) is 4.74 Å². The Balaban J connectivity index is 1.42. The van der Waals surface area contributed by atoms with Crippen molar-refractivity contribution in [1.29, 1.82) is 0 Å². The number of nitrogens with zero attached hydrogens (tertiary/aromatic N) is 5. The minimum Gasteiger partial charge on any atom is -0.481 e. The molecule has 0 spiro atoms. The van der Waals surface area contributed by atoms with Crippen LogP contribution >= 0.6 is 0 Å². The Kier molecular flexibility index (Phi) is 9.32. The predicted octanol–water partition coefficient (Wildman–Crippen LogP) is 5.95. The van der Waals surface area contributed by atoms with E-state index in [0.717, 1.165) is 48.8 Å². The lowest BCUT2D eigenvalue weighted by Crippen LogP contribution is -2.30. The summed E-state index contributed by atoms with van der Waals surface area (Å²) in [6.07, 6.45) is 9.10. The molecule has 2 aromatic rings. The summed E-state index contributed by atoms with van der Waals surface area (Å²) in [5.41, 5.74) is 8.70. The maximum atomic E-state index is 13.0. The molecule has 1 aliphatic heterocycles. The molecule has 0 saturated heterocycles. The summed E-state index contributed by atoms with van der Waals surface area (Å²) in [4.78, 5) is 14.9. The standard InChI is InChI=1S/C30H37F3N6O/c1-6-22(10-7-9-20(2)28-37-26(18-38(28)4)30(31,32)33)17-39-14-8-11-24(21(39)3)15-34-16-25-27(23-12-13-23)35-19-36-29(25)40-5/h7-9,11,18-19,23,34H,6,12-17H2,1-5H3/b20-9+. The zero-order chi connectivity index (χ0) is 28.9. The van der Waals surface area contributed by atoms with E-state index in [-0.39, 0.29) is 5.82 Å². The summed E-state index contributed by atoms with van der Waals surface area (Å²) in [5, 5.41) is 3.55. The molecule has 0 atom stereocenters. The number of imidazole rings is 1. The molecule has 0 bridgehead atoms. The highest BCUT2D eigenvalue weighted by Crippen LogP contribution is 2.41. The van der Waals surface area contributed by atoms with Gasteiger partial charge in [0.2, 0.25) is 5.88 Å². The van der Waals surface area contributed by atoms with Gasteiger partial charge in [0.15, 0.2) is 5.69 Å². The lowest BCUT2D eigenvalue weighted by atomic mass is 10.1. The number of nitrogens with one attached hydrogen (secondary N) is 1. The predicted molar refractivity (Wildman–Crippen MR) is 149 cm³/mol. The van der Waals surface area contributed by atoms with Crippen molar-refractivity contribution in [2.75, 3.05) is 26.7 Å². The van der Waals surface area contributed by atoms with Gasteiger partial charge in [-0.2, -0.15) is 13.2 Å². The summed E-state index contributed by atoms with van der Waals surface area (Å²) in [6, 6.07) is 0. The third-order valence-electron chi connectivity index (χ3n) is 7.25. The Morgan fingerprint density at radius 3 is 2.67 bits per heavy atom. The molecule has 0 unspecified atom stereocenters. The van der Waals surface area contributed by atoms with Crippen LogP contribution in [-0.2, 0) is 19.8 Å². The first kappa shape index (κ1) is 29.4. The van der Waals surface area contributed by atoms with Gasteiger partial charge in [0.1, 0.15) is 12.2 Å². The smallest absolute Gasteiger partial charge is 0.434 e. The Bertz CT molecular complexity index is 1370. The number of halogens is 3. The van der Waals surface area contributed by atoms with Crippen LogP contribution in [0.25, 0.3) is 5.57 Å². The zero-order valence-electron chi connectivity index (χ0n) is 23.8. The average Bonchev–Trinajstić information content (AvgIpc) is 3.69. The molecule has 4 rings (SSSR count). The van der Waals surface area contributed by atoms with Crippen molar-refractivity contribution >= 4 is 5.57 Å². The van der Waals surface area contributed by atoms with E-state index in [1.807, 2.05) is 0 Å². The number of aromatic nitrogens is 4. The summed E-state index contributed by atoms with van der Waals surface area (Å²) >= 11 is 0. The van der Waals surface area contributed by atoms with E-state index < -0.39 is 11.9 Å². The van der Waals surface area contributed by atoms with Gasteiger partial charge in [-0.1, -0.05) is 19.1 Å². The molecular weight excluding hydrogens is 517 g/mol. The van der Waals surface area contributed by atoms with Crippen LogP contribution in [0, 0.1) is 0 Å². The van der Waals surface area contributed by atoms with Crippen LogP contribution in [-0.4, -0.2) is 51.2 Å². The molecule has 1 saturated carbocycles. The fraction of sp³-hybridized carbons (Fsp3) is 0.467. The number of ether oxygens (including phenoxy) is 1. The molecule has 0 radical (unpaired) electrons. The van der Waals surface area contributed by atoms with Gasteiger partial charge in [-0.15, -0.1) is 5.73 Å². The molecule has 2 aliphatic rings. The summed E-state index contributed by atoms with van der Waals surface area (Å²) in [7, 11) is 3.21. The topological polar surface area (TPSA) is 68.1 Å². The van der Waals surface area contributed by atoms with Crippen LogP contribution in [0.5, 0.6) is 5.88 Å². The fourth-order valence-electron chi connectivity index (χ4n) is 4.75. The Morgan fingerprint density at radius 2 is 2.02 bits per heavy atom. The average molecular weight is 555 g/mol. The molecule has 0 aromatic carbocycles. The number of allylic oxidation sites excluding steroid dienone is 3. The minimum atomic E-state index is -4.47. The first-order valence-electron chi connectivity index (χ1n) is 13.5. The van der Waals surface area contributed by atoms with Gasteiger partial charge < -0.3 is 19.5 Å². The van der Waals surface area contributed by atoms with Crippen LogP contribution in [0.4, 0.5) is 13.2 Å². The number of alkyl halides is 3. The molecule has 0 amide bonds. The van der Waals surface area contributed by atoms with E-state index in [2.05, 4.69) is 56.9 Å². The normalized spacial score (nSPS) is 15.9. The van der Waals surface area contributed by atoms with Crippen molar-refractivity contribution in [3.63, 3.8) is 0 Å². The molecule has 1 N–H and O–H groups in total. The zero-order valence-corrected chi connectivity index (χ0v) is 23.8. The monoisotopic (exact) mass is 554 g/mol. The number of hydrogen-bond donors (Lipinski definition) is 1. The fourth-order valence-corrected chi connectivity index (χ4v) is 4.75. The first-order chi connectivity index (χ1) is 19.1. The van der Waals surface area contributed by atoms with Crippen LogP contribution in [0.3, 0.4) is 0 Å². The van der Waals surface area contributed by atoms with Crippen molar-refractivity contribution < 1.29 is 17.9 Å². The minimum absolute atomic E-state index is 0.282. The third-order valence-corrected chi connectivity index (χ3v) is 7.25. The largest absolute Gasteiger partial charge is 0.481 e. The number of methoxy groups -OCH3 is 1. The third kappa shape index (κ3) is 7.11. The van der Waals surface area contributed by atoms with Crippen LogP contribution in [0.15, 0.2) is 59.4 Å². The number of rotatable bonds is 11. The van der Waals surface area contributed by atoms with Gasteiger partial charge in [-0.05, 0) is 62.0 Å². The van der Waals surface area contributed by atoms with E-state index >= 15 is 0 Å². The van der Waals surface area contributed by atoms with Crippen molar-refractivity contribution in [2.45, 2.75) is 58.7 Å². The quantitative estimate of drug-likeness (QED) is 0.274. The molecule has 40 heavy (non-hydrogen) atoms. The van der Waals surface area contributed by atoms with E-state index in [1.54, 1.807) is 39.6 Å². The van der Waals surface area contributed by atoms with Crippen molar-refractivity contribution in [2.24, 2.45) is 7.05 Å². The molecule has 214 valence electrons. The number of hydrogen-bond acceptors (Lipinski definition) is 6. The van der Waals surface area contributed by atoms with Gasteiger partial charge >= 0.3 is 6.18 Å². The highest BCUT2D eigenvalue weighted by molar-refractivity contribution is 5.60. The molecule has 2 aromatic heterocycles. The van der Waals surface area contributed by atoms with Gasteiger partial charge in [0.05, 0.1) is 12.8 Å². The maximum absolute atomic E-state index is 13.0. The molecule has 7 nitrogen and oxygen atoms in total. The molecule has 1 fully saturated rings. The summed E-state index contributed by atoms with van der Waals surface area (Å²) in [6.45, 7) is 8.81. The second kappa shape index (κ2) is 12.7. The van der Waals surface area contributed by atoms with E-state index in [0.29, 0.717) is 37.0 Å². The van der Waals surface area contributed by atoms with Gasteiger partial charge in [0, 0.05) is 56.6 Å². The first-order valence-corrected chi connectivity index (χ1v) is 13.5. The molecule has 3 heterocycles. The Hall–Kier alpha value is -3.62. The number of aryl methyl sites for hydroxylation is 1. The van der Waals surface area contributed by atoms with E-state index in [9.17, 15) is 13.2 Å². The molecular formula is C30H37F3N6O. The van der Waals surface area contributed by atoms with E-state index in [1.165, 1.54) is 15.8 Å². The summed E-state index contributed by atoms with van der Waals surface area (Å²) < 4.78 is 45.9. The SMILES string of the molecule is CCC(=C=C/C=C(\C)c1nc(C(F)(F)F)cn1C)CN1CC=CC(CNCc2c(OC)ncnc2C2CC2)=C1C. The van der Waals surface area contributed by atoms with Gasteiger partial charge in [-0.3, -0.25) is 0 Å². The Labute approximate surface area is 233 Å². The molecule has 1 aliphatic carbocycles. The van der Waals surface area contributed by atoms with Crippen molar-refractivity contribution in [3.8, 4) is 5.88 Å². The van der Waals surface area contributed by atoms with Gasteiger partial charge in [0.25, 0.3) is 0 Å². The van der Waals surface area contributed by atoms with Crippen LogP contribution < -0.4 is 10.1 Å². The Morgan fingerprint density at radius 1 is 1.25 bits per heavy atom. The lowest BCUT2D eigenvalue weighted by molar-refractivity contribution is -0.141. The highest BCUT2D eigenvalue weighted by Gasteiger charge is 2.34. The van der Waals surface area contributed by atoms with Crippen LogP contribution in [0.2, 0.25) is 0 Å². The lowest BCUT2D eigenvalue weighted by Gasteiger charge is -2.29. The highest BCUT2D eigenvalue weighted by atomic mass is 19.4. The molecule has 10 heteroatoms. The van der Waals surface area contributed by atoms with Gasteiger partial charge in [-0.25, -0.2) is 15.0 Å². The van der Waals surface area contributed by atoms with Crippen LogP contribution in [0.1, 0.15) is 68.7 Å².